The van der Waals surface area contributed by atoms with Gasteiger partial charge in [0.2, 0.25) is 0 Å². The van der Waals surface area contributed by atoms with Gasteiger partial charge in [-0.1, -0.05) is 24.9 Å². The molecule has 1 aromatic rings. The first-order valence-corrected chi connectivity index (χ1v) is 7.09. The van der Waals surface area contributed by atoms with Crippen molar-refractivity contribution in [3.63, 3.8) is 0 Å². The van der Waals surface area contributed by atoms with Crippen LogP contribution in [0.5, 0.6) is 0 Å². The van der Waals surface area contributed by atoms with Crippen LogP contribution in [0.25, 0.3) is 0 Å². The van der Waals surface area contributed by atoms with Crippen LogP contribution in [0.15, 0.2) is 34.7 Å². The predicted molar refractivity (Wildman–Crippen MR) is 76.3 cm³/mol. The summed E-state index contributed by atoms with van der Waals surface area (Å²) in [4.78, 5) is 12.3. The minimum absolute atomic E-state index is 0.266. The molecular formula is C13H15ClFNOS. The summed E-state index contributed by atoms with van der Waals surface area (Å²) >= 11 is 7.05. The van der Waals surface area contributed by atoms with Gasteiger partial charge in [-0.25, -0.2) is 4.39 Å². The molecule has 0 saturated carbocycles. The van der Waals surface area contributed by atoms with E-state index in [0.717, 1.165) is 18.6 Å². The number of carbonyl (C=O) groups is 1. The maximum atomic E-state index is 12.7. The van der Waals surface area contributed by atoms with Crippen molar-refractivity contribution in [2.24, 2.45) is 0 Å². The normalized spacial score (nSPS) is 11.4. The van der Waals surface area contributed by atoms with Crippen LogP contribution >= 0.6 is 23.4 Å². The molecule has 0 atom stereocenters. The van der Waals surface area contributed by atoms with Crippen molar-refractivity contribution in [1.82, 2.24) is 0 Å². The van der Waals surface area contributed by atoms with E-state index >= 15 is 0 Å². The summed E-state index contributed by atoms with van der Waals surface area (Å²) < 4.78 is 12.7. The fraction of sp³-hybridized carbons (Fsp3) is 0.308. The van der Waals surface area contributed by atoms with E-state index in [-0.39, 0.29) is 11.7 Å². The molecule has 0 aliphatic heterocycles. The molecule has 98 valence electrons. The molecule has 0 heterocycles. The summed E-state index contributed by atoms with van der Waals surface area (Å²) in [5, 5.41) is 2.67. The van der Waals surface area contributed by atoms with Gasteiger partial charge in [-0.15, -0.1) is 11.8 Å². The zero-order valence-corrected chi connectivity index (χ0v) is 11.7. The van der Waals surface area contributed by atoms with Crippen molar-refractivity contribution >= 4 is 35.0 Å². The van der Waals surface area contributed by atoms with Crippen molar-refractivity contribution in [2.75, 3.05) is 11.1 Å². The van der Waals surface area contributed by atoms with Gasteiger partial charge in [0.1, 0.15) is 5.82 Å². The number of amides is 1. The predicted octanol–water partition coefficient (Wildman–Crippen LogP) is 4.38. The lowest BCUT2D eigenvalue weighted by atomic mass is 10.3. The molecule has 0 bridgehead atoms. The highest BCUT2D eigenvalue weighted by Crippen LogP contribution is 2.20. The van der Waals surface area contributed by atoms with Gasteiger partial charge in [0.15, 0.2) is 0 Å². The number of nitrogens with one attached hydrogen (secondary N) is 1. The average Bonchev–Trinajstić information content (AvgIpc) is 2.37. The number of hydrogen-bond acceptors (Lipinski definition) is 2. The third kappa shape index (κ3) is 5.10. The van der Waals surface area contributed by atoms with Gasteiger partial charge >= 0.3 is 0 Å². The zero-order chi connectivity index (χ0) is 13.4. The highest BCUT2D eigenvalue weighted by atomic mass is 35.5. The molecule has 0 spiro atoms. The van der Waals surface area contributed by atoms with E-state index in [1.54, 1.807) is 0 Å². The highest BCUT2D eigenvalue weighted by molar-refractivity contribution is 8.04. The number of benzene rings is 1. The van der Waals surface area contributed by atoms with E-state index in [4.69, 9.17) is 11.6 Å². The van der Waals surface area contributed by atoms with Gasteiger partial charge in [0.05, 0.1) is 4.91 Å². The smallest absolute Gasteiger partial charge is 0.262 e. The Morgan fingerprint density at radius 1 is 1.44 bits per heavy atom. The Labute approximate surface area is 116 Å². The Hall–Kier alpha value is -1.00. The van der Waals surface area contributed by atoms with Crippen LogP contribution in [-0.2, 0) is 4.79 Å². The Bertz CT molecular complexity index is 420. The van der Waals surface area contributed by atoms with E-state index in [1.807, 2.05) is 0 Å². The maximum Gasteiger partial charge on any atom is 0.262 e. The topological polar surface area (TPSA) is 29.1 Å². The molecule has 0 fully saturated rings. The van der Waals surface area contributed by atoms with E-state index < -0.39 is 0 Å². The van der Waals surface area contributed by atoms with Crippen LogP contribution in [0, 0.1) is 5.82 Å². The number of halogens is 2. The van der Waals surface area contributed by atoms with Crippen molar-refractivity contribution in [2.45, 2.75) is 19.8 Å². The molecule has 18 heavy (non-hydrogen) atoms. The number of rotatable bonds is 6. The second-order valence-corrected chi connectivity index (χ2v) is 4.99. The lowest BCUT2D eigenvalue weighted by Crippen LogP contribution is -2.12. The van der Waals surface area contributed by atoms with E-state index in [9.17, 15) is 9.18 Å². The Balaban J connectivity index is 2.54. The van der Waals surface area contributed by atoms with Gasteiger partial charge in [-0.2, -0.15) is 0 Å². The molecule has 2 nitrogen and oxygen atoms in total. The van der Waals surface area contributed by atoms with Crippen LogP contribution < -0.4 is 5.32 Å². The summed E-state index contributed by atoms with van der Waals surface area (Å²) in [6.07, 6.45) is 2.10. The van der Waals surface area contributed by atoms with Crippen LogP contribution in [0.2, 0.25) is 0 Å². The van der Waals surface area contributed by atoms with E-state index in [2.05, 4.69) is 12.2 Å². The van der Waals surface area contributed by atoms with Crippen molar-refractivity contribution in [3.05, 3.63) is 40.5 Å². The van der Waals surface area contributed by atoms with Gasteiger partial charge in [0.25, 0.3) is 5.91 Å². The SMILES string of the molecule is CCCCS/C(=C\Cl)C(=O)Nc1ccc(F)cc1. The number of anilines is 1. The molecule has 0 aliphatic rings. The Morgan fingerprint density at radius 2 is 2.11 bits per heavy atom. The minimum atomic E-state index is -0.335. The minimum Gasteiger partial charge on any atom is -0.322 e. The van der Waals surface area contributed by atoms with E-state index in [0.29, 0.717) is 10.6 Å². The van der Waals surface area contributed by atoms with Crippen molar-refractivity contribution < 1.29 is 9.18 Å². The molecule has 1 aromatic carbocycles. The van der Waals surface area contributed by atoms with Crippen molar-refractivity contribution in [3.8, 4) is 0 Å². The van der Waals surface area contributed by atoms with Crippen LogP contribution in [-0.4, -0.2) is 11.7 Å². The fourth-order valence-corrected chi connectivity index (χ4v) is 2.39. The summed E-state index contributed by atoms with van der Waals surface area (Å²) in [5.74, 6) is 0.252. The monoisotopic (exact) mass is 287 g/mol. The largest absolute Gasteiger partial charge is 0.322 e. The molecule has 0 unspecified atom stereocenters. The highest BCUT2D eigenvalue weighted by Gasteiger charge is 2.09. The third-order valence-electron chi connectivity index (χ3n) is 2.18. The maximum absolute atomic E-state index is 12.7. The molecule has 0 aliphatic carbocycles. The number of unbranched alkanes of at least 4 members (excludes halogenated alkanes) is 1. The van der Waals surface area contributed by atoms with Crippen LogP contribution in [0.4, 0.5) is 10.1 Å². The van der Waals surface area contributed by atoms with Gasteiger partial charge in [-0.05, 0) is 36.4 Å². The van der Waals surface area contributed by atoms with Crippen LogP contribution in [0.3, 0.4) is 0 Å². The first-order valence-electron chi connectivity index (χ1n) is 5.67. The Kier molecular flexibility index (Phi) is 6.83. The average molecular weight is 288 g/mol. The molecule has 0 radical (unpaired) electrons. The standard InChI is InChI=1S/C13H15ClFNOS/c1-2-3-8-18-12(9-14)13(17)16-11-6-4-10(15)5-7-11/h4-7,9H,2-3,8H2,1H3,(H,16,17)/b12-9-. The molecule has 1 rings (SSSR count). The number of hydrogen-bond donors (Lipinski definition) is 1. The van der Waals surface area contributed by atoms with Gasteiger partial charge in [0, 0.05) is 11.2 Å². The zero-order valence-electron chi connectivity index (χ0n) is 10.1. The van der Waals surface area contributed by atoms with Crippen molar-refractivity contribution in [1.29, 1.82) is 0 Å². The van der Waals surface area contributed by atoms with E-state index in [1.165, 1.54) is 41.6 Å². The second kappa shape index (κ2) is 8.16. The van der Waals surface area contributed by atoms with Gasteiger partial charge < -0.3 is 5.32 Å². The summed E-state index contributed by atoms with van der Waals surface area (Å²) in [5.41, 5.74) is 1.83. The van der Waals surface area contributed by atoms with Crippen LogP contribution in [0.1, 0.15) is 19.8 Å². The molecule has 0 saturated heterocycles. The lowest BCUT2D eigenvalue weighted by Gasteiger charge is -2.07. The summed E-state index contributed by atoms with van der Waals surface area (Å²) in [7, 11) is 0. The first kappa shape index (κ1) is 15.1. The molecular weight excluding hydrogens is 273 g/mol. The molecule has 0 aromatic heterocycles. The third-order valence-corrected chi connectivity index (χ3v) is 3.64. The molecule has 1 N–H and O–H groups in total. The van der Waals surface area contributed by atoms with Gasteiger partial charge in [-0.3, -0.25) is 4.79 Å². The number of thioether (sulfide) groups is 1. The first-order chi connectivity index (χ1) is 8.67. The Morgan fingerprint density at radius 3 is 2.67 bits per heavy atom. The lowest BCUT2D eigenvalue weighted by molar-refractivity contribution is -0.112. The summed E-state index contributed by atoms with van der Waals surface area (Å²) in [6, 6.07) is 5.61. The molecule has 1 amide bonds. The summed E-state index contributed by atoms with van der Waals surface area (Å²) in [6.45, 7) is 2.09. The molecule has 5 heteroatoms. The second-order valence-electron chi connectivity index (χ2n) is 3.64. The number of carbonyl (C=O) groups excluding carboxylic acids is 1. The quantitative estimate of drug-likeness (QED) is 0.621. The fourth-order valence-electron chi connectivity index (χ4n) is 1.20.